The highest BCUT2D eigenvalue weighted by Crippen LogP contribution is 2.36. The molecule has 1 aliphatic rings. The number of benzene rings is 2. The summed E-state index contributed by atoms with van der Waals surface area (Å²) < 4.78 is 1.03. The third kappa shape index (κ3) is 3.70. The van der Waals surface area contributed by atoms with Crippen LogP contribution >= 0.6 is 15.9 Å². The van der Waals surface area contributed by atoms with Crippen molar-refractivity contribution >= 4 is 21.9 Å². The number of rotatable bonds is 4. The number of carbonyl (C=O) groups is 1. The number of carboxylic acids is 1. The van der Waals surface area contributed by atoms with Crippen molar-refractivity contribution in [2.75, 3.05) is 13.1 Å². The van der Waals surface area contributed by atoms with Crippen molar-refractivity contribution < 1.29 is 9.90 Å². The summed E-state index contributed by atoms with van der Waals surface area (Å²) in [5.74, 6) is -0.423. The Labute approximate surface area is 151 Å². The van der Waals surface area contributed by atoms with Gasteiger partial charge in [-0.15, -0.1) is 0 Å². The van der Waals surface area contributed by atoms with Crippen molar-refractivity contribution in [3.8, 4) is 0 Å². The summed E-state index contributed by atoms with van der Waals surface area (Å²) in [6.45, 7) is 5.01. The maximum Gasteiger partial charge on any atom is 0.335 e. The van der Waals surface area contributed by atoms with Gasteiger partial charge in [-0.05, 0) is 67.6 Å². The zero-order chi connectivity index (χ0) is 17.1. The van der Waals surface area contributed by atoms with E-state index in [1.807, 2.05) is 19.1 Å². The van der Waals surface area contributed by atoms with Crippen LogP contribution in [0.5, 0.6) is 0 Å². The lowest BCUT2D eigenvalue weighted by atomic mass is 9.85. The fourth-order valence-electron chi connectivity index (χ4n) is 3.65. The summed E-state index contributed by atoms with van der Waals surface area (Å²) >= 11 is 3.63. The summed E-state index contributed by atoms with van der Waals surface area (Å²) in [7, 11) is 0. The van der Waals surface area contributed by atoms with Crippen molar-refractivity contribution in [2.45, 2.75) is 32.2 Å². The van der Waals surface area contributed by atoms with Crippen molar-refractivity contribution in [3.63, 3.8) is 0 Å². The van der Waals surface area contributed by atoms with Gasteiger partial charge in [0.25, 0.3) is 0 Å². The van der Waals surface area contributed by atoms with E-state index < -0.39 is 5.97 Å². The first kappa shape index (κ1) is 17.2. The van der Waals surface area contributed by atoms with Crippen molar-refractivity contribution in [1.29, 1.82) is 0 Å². The molecule has 1 fully saturated rings. The number of aromatic carboxylic acids is 1. The second kappa shape index (κ2) is 7.49. The molecule has 0 bridgehead atoms. The number of halogens is 1. The molecule has 0 amide bonds. The molecule has 0 spiro atoms. The summed E-state index contributed by atoms with van der Waals surface area (Å²) in [6, 6.07) is 14.1. The number of likely N-dealkylation sites (tertiary alicyclic amines) is 1. The van der Waals surface area contributed by atoms with Gasteiger partial charge in [0.05, 0.1) is 5.56 Å². The van der Waals surface area contributed by atoms with E-state index in [0.29, 0.717) is 11.5 Å². The van der Waals surface area contributed by atoms with Crippen LogP contribution in [-0.2, 0) is 6.54 Å². The first-order valence-corrected chi connectivity index (χ1v) is 9.14. The Bertz CT molecular complexity index is 722. The van der Waals surface area contributed by atoms with Gasteiger partial charge in [-0.2, -0.15) is 0 Å². The average molecular weight is 388 g/mol. The summed E-state index contributed by atoms with van der Waals surface area (Å²) in [4.78, 5) is 13.9. The normalized spacial score (nSPS) is 16.2. The SMILES string of the molecule is Cc1c(C(=O)O)ccc(Br)c1C1CCN(Cc2ccccc2)CC1. The third-order valence-electron chi connectivity index (χ3n) is 4.94. The van der Waals surface area contributed by atoms with Gasteiger partial charge in [-0.25, -0.2) is 4.79 Å². The maximum absolute atomic E-state index is 11.4. The van der Waals surface area contributed by atoms with Crippen LogP contribution in [0.15, 0.2) is 46.9 Å². The van der Waals surface area contributed by atoms with Gasteiger partial charge < -0.3 is 5.11 Å². The lowest BCUT2D eigenvalue weighted by molar-refractivity contribution is 0.0696. The molecule has 1 saturated heterocycles. The summed E-state index contributed by atoms with van der Waals surface area (Å²) in [5, 5.41) is 9.36. The molecule has 3 nitrogen and oxygen atoms in total. The number of carboxylic acid groups (broad SMARTS) is 1. The number of piperidine rings is 1. The highest BCUT2D eigenvalue weighted by atomic mass is 79.9. The van der Waals surface area contributed by atoms with Crippen LogP contribution in [0, 0.1) is 6.92 Å². The van der Waals surface area contributed by atoms with Crippen LogP contribution in [-0.4, -0.2) is 29.1 Å². The zero-order valence-corrected chi connectivity index (χ0v) is 15.4. The van der Waals surface area contributed by atoms with Crippen molar-refractivity contribution in [1.82, 2.24) is 4.90 Å². The van der Waals surface area contributed by atoms with E-state index in [2.05, 4.69) is 45.1 Å². The molecule has 1 aliphatic heterocycles. The van der Waals surface area contributed by atoms with Crippen LogP contribution in [0.1, 0.15) is 45.8 Å². The van der Waals surface area contributed by atoms with E-state index in [1.165, 1.54) is 11.1 Å². The molecule has 0 saturated carbocycles. The Hall–Kier alpha value is -1.65. The van der Waals surface area contributed by atoms with E-state index in [1.54, 1.807) is 6.07 Å². The largest absolute Gasteiger partial charge is 0.478 e. The molecule has 24 heavy (non-hydrogen) atoms. The second-order valence-electron chi connectivity index (χ2n) is 6.47. The second-order valence-corrected chi connectivity index (χ2v) is 7.33. The lowest BCUT2D eigenvalue weighted by Gasteiger charge is -2.33. The van der Waals surface area contributed by atoms with Gasteiger partial charge in [0.1, 0.15) is 0 Å². The van der Waals surface area contributed by atoms with Crippen LogP contribution in [0.4, 0.5) is 0 Å². The van der Waals surface area contributed by atoms with E-state index in [0.717, 1.165) is 42.5 Å². The number of hydrogen-bond donors (Lipinski definition) is 1. The molecule has 3 rings (SSSR count). The monoisotopic (exact) mass is 387 g/mol. The Kier molecular flexibility index (Phi) is 5.36. The highest BCUT2D eigenvalue weighted by Gasteiger charge is 2.25. The maximum atomic E-state index is 11.4. The summed E-state index contributed by atoms with van der Waals surface area (Å²) in [6.07, 6.45) is 2.13. The van der Waals surface area contributed by atoms with Crippen LogP contribution in [0.2, 0.25) is 0 Å². The number of hydrogen-bond acceptors (Lipinski definition) is 2. The van der Waals surface area contributed by atoms with Crippen LogP contribution < -0.4 is 0 Å². The molecule has 4 heteroatoms. The lowest BCUT2D eigenvalue weighted by Crippen LogP contribution is -2.32. The molecule has 0 aromatic heterocycles. The van der Waals surface area contributed by atoms with E-state index in [4.69, 9.17) is 0 Å². The predicted molar refractivity (Wildman–Crippen MR) is 99.5 cm³/mol. The Morgan fingerprint density at radius 1 is 1.17 bits per heavy atom. The standard InChI is InChI=1S/C20H22BrNO2/c1-14-17(20(23)24)7-8-18(21)19(14)16-9-11-22(12-10-16)13-15-5-3-2-4-6-15/h2-8,16H,9-13H2,1H3,(H,23,24). The minimum absolute atomic E-state index is 0.417. The molecular formula is C20H22BrNO2. The highest BCUT2D eigenvalue weighted by molar-refractivity contribution is 9.10. The smallest absolute Gasteiger partial charge is 0.335 e. The summed E-state index contributed by atoms with van der Waals surface area (Å²) in [5.41, 5.74) is 3.84. The van der Waals surface area contributed by atoms with Gasteiger partial charge in [-0.1, -0.05) is 46.3 Å². The van der Waals surface area contributed by atoms with E-state index >= 15 is 0 Å². The average Bonchev–Trinajstić information content (AvgIpc) is 2.57. The zero-order valence-electron chi connectivity index (χ0n) is 13.8. The van der Waals surface area contributed by atoms with Gasteiger partial charge in [0, 0.05) is 11.0 Å². The quantitative estimate of drug-likeness (QED) is 0.815. The van der Waals surface area contributed by atoms with Gasteiger partial charge in [0.2, 0.25) is 0 Å². The molecule has 2 aromatic carbocycles. The van der Waals surface area contributed by atoms with E-state index in [-0.39, 0.29) is 0 Å². The Balaban J connectivity index is 1.71. The molecule has 2 aromatic rings. The first-order valence-electron chi connectivity index (χ1n) is 8.35. The Morgan fingerprint density at radius 2 is 1.83 bits per heavy atom. The van der Waals surface area contributed by atoms with Gasteiger partial charge >= 0.3 is 5.97 Å². The number of nitrogens with zero attached hydrogens (tertiary/aromatic N) is 1. The van der Waals surface area contributed by atoms with Gasteiger partial charge in [-0.3, -0.25) is 4.90 Å². The van der Waals surface area contributed by atoms with Crippen LogP contribution in [0.3, 0.4) is 0 Å². The van der Waals surface area contributed by atoms with Crippen LogP contribution in [0.25, 0.3) is 0 Å². The topological polar surface area (TPSA) is 40.5 Å². The predicted octanol–water partition coefficient (Wildman–Crippen LogP) is 4.84. The molecule has 126 valence electrons. The molecule has 0 unspecified atom stereocenters. The fourth-order valence-corrected chi connectivity index (χ4v) is 4.40. The third-order valence-corrected chi connectivity index (χ3v) is 5.63. The molecule has 0 atom stereocenters. The molecule has 1 heterocycles. The fraction of sp³-hybridized carbons (Fsp3) is 0.350. The molecule has 0 radical (unpaired) electrons. The van der Waals surface area contributed by atoms with Gasteiger partial charge in [0.15, 0.2) is 0 Å². The minimum atomic E-state index is -0.845. The minimum Gasteiger partial charge on any atom is -0.478 e. The molecular weight excluding hydrogens is 366 g/mol. The molecule has 1 N–H and O–H groups in total. The Morgan fingerprint density at radius 3 is 2.46 bits per heavy atom. The van der Waals surface area contributed by atoms with Crippen molar-refractivity contribution in [3.05, 3.63) is 69.2 Å². The first-order chi connectivity index (χ1) is 11.6. The molecule has 0 aliphatic carbocycles. The van der Waals surface area contributed by atoms with E-state index in [9.17, 15) is 9.90 Å². The van der Waals surface area contributed by atoms with Crippen molar-refractivity contribution in [2.24, 2.45) is 0 Å².